The fourth-order valence-electron chi connectivity index (χ4n) is 2.89. The van der Waals surface area contributed by atoms with E-state index < -0.39 is 16.1 Å². The third-order valence-corrected chi connectivity index (χ3v) is 7.56. The van der Waals surface area contributed by atoms with Gasteiger partial charge in [-0.1, -0.05) is 18.2 Å². The van der Waals surface area contributed by atoms with Gasteiger partial charge >= 0.3 is 0 Å². The van der Waals surface area contributed by atoms with Gasteiger partial charge in [0.2, 0.25) is 0 Å². The molecule has 1 amide bonds. The predicted octanol–water partition coefficient (Wildman–Crippen LogP) is 2.36. The number of hydrogen-bond donors (Lipinski definition) is 0. The number of carbonyl (C=O) groups is 1. The number of ether oxygens (including phenoxy) is 1. The van der Waals surface area contributed by atoms with Crippen molar-refractivity contribution in [3.8, 4) is 5.75 Å². The topological polar surface area (TPSA) is 66.9 Å². The van der Waals surface area contributed by atoms with Crippen molar-refractivity contribution in [2.75, 3.05) is 26.2 Å². The molecule has 0 saturated carbocycles. The van der Waals surface area contributed by atoms with E-state index in [-0.39, 0.29) is 5.91 Å². The minimum absolute atomic E-state index is 0.125. The Morgan fingerprint density at radius 2 is 1.88 bits per heavy atom. The average molecular weight is 395 g/mol. The molecule has 1 aliphatic rings. The van der Waals surface area contributed by atoms with Gasteiger partial charge in [-0.3, -0.25) is 4.79 Å². The molecule has 0 aliphatic carbocycles. The number of hydrogen-bond acceptors (Lipinski definition) is 5. The van der Waals surface area contributed by atoms with Crippen LogP contribution >= 0.6 is 11.3 Å². The molecule has 1 aliphatic heterocycles. The van der Waals surface area contributed by atoms with Crippen LogP contribution in [0.3, 0.4) is 0 Å². The van der Waals surface area contributed by atoms with Gasteiger partial charge in [0.25, 0.3) is 15.9 Å². The standard InChI is InChI=1S/C18H22N2O4S2/c1-14-5-3-6-16(13-14)24-15(2)18(21)19-8-10-20(11-9-19)26(22,23)17-7-4-12-25-17/h3-7,12-13,15H,8-11H2,1-2H3. The molecule has 1 unspecified atom stereocenters. The van der Waals surface area contributed by atoms with Crippen LogP contribution in [-0.2, 0) is 14.8 Å². The highest BCUT2D eigenvalue weighted by molar-refractivity contribution is 7.91. The molecule has 1 saturated heterocycles. The zero-order valence-electron chi connectivity index (χ0n) is 14.8. The minimum Gasteiger partial charge on any atom is -0.481 e. The van der Waals surface area contributed by atoms with Crippen molar-refractivity contribution < 1.29 is 17.9 Å². The third-order valence-electron chi connectivity index (χ3n) is 4.29. The van der Waals surface area contributed by atoms with Crippen molar-refractivity contribution in [2.24, 2.45) is 0 Å². The van der Waals surface area contributed by atoms with Gasteiger partial charge in [0.15, 0.2) is 6.10 Å². The summed E-state index contributed by atoms with van der Waals surface area (Å²) in [6.07, 6.45) is -0.614. The molecule has 0 N–H and O–H groups in total. The first kappa shape index (κ1) is 18.9. The second kappa shape index (κ2) is 7.77. The van der Waals surface area contributed by atoms with E-state index >= 15 is 0 Å². The van der Waals surface area contributed by atoms with Crippen LogP contribution in [0.2, 0.25) is 0 Å². The number of sulfonamides is 1. The lowest BCUT2D eigenvalue weighted by atomic mass is 10.2. The molecule has 0 spiro atoms. The Balaban J connectivity index is 1.58. The number of piperazine rings is 1. The summed E-state index contributed by atoms with van der Waals surface area (Å²) in [7, 11) is -3.46. The van der Waals surface area contributed by atoms with Crippen LogP contribution in [0.1, 0.15) is 12.5 Å². The van der Waals surface area contributed by atoms with E-state index in [4.69, 9.17) is 4.74 Å². The second-order valence-electron chi connectivity index (χ2n) is 6.24. The predicted molar refractivity (Wildman–Crippen MR) is 101 cm³/mol. The number of carbonyl (C=O) groups excluding carboxylic acids is 1. The van der Waals surface area contributed by atoms with Gasteiger partial charge in [0, 0.05) is 26.2 Å². The van der Waals surface area contributed by atoms with Crippen molar-refractivity contribution in [1.29, 1.82) is 0 Å². The number of thiophene rings is 1. The van der Waals surface area contributed by atoms with Gasteiger partial charge in [-0.05, 0) is 43.0 Å². The molecule has 140 valence electrons. The molecule has 6 nitrogen and oxygen atoms in total. The summed E-state index contributed by atoms with van der Waals surface area (Å²) in [5.74, 6) is 0.532. The monoisotopic (exact) mass is 394 g/mol. The molecule has 2 heterocycles. The van der Waals surface area contributed by atoms with Crippen molar-refractivity contribution in [3.63, 3.8) is 0 Å². The number of amides is 1. The van der Waals surface area contributed by atoms with E-state index in [0.717, 1.165) is 5.56 Å². The first-order valence-corrected chi connectivity index (χ1v) is 10.8. The maximum absolute atomic E-state index is 12.6. The maximum atomic E-state index is 12.6. The Bertz CT molecular complexity index is 857. The van der Waals surface area contributed by atoms with Crippen LogP contribution in [-0.4, -0.2) is 55.8 Å². The van der Waals surface area contributed by atoms with Crippen molar-refractivity contribution in [3.05, 3.63) is 47.3 Å². The number of nitrogens with zero attached hydrogens (tertiary/aromatic N) is 2. The largest absolute Gasteiger partial charge is 0.481 e. The lowest BCUT2D eigenvalue weighted by Crippen LogP contribution is -2.53. The number of rotatable bonds is 5. The molecular weight excluding hydrogens is 372 g/mol. The summed E-state index contributed by atoms with van der Waals surface area (Å²) in [6.45, 7) is 5.01. The Labute approximate surface area is 158 Å². The Morgan fingerprint density at radius 3 is 2.50 bits per heavy atom. The Kier molecular flexibility index (Phi) is 5.64. The van der Waals surface area contributed by atoms with E-state index in [1.165, 1.54) is 15.6 Å². The van der Waals surface area contributed by atoms with Crippen LogP contribution in [0.5, 0.6) is 5.75 Å². The molecule has 2 aromatic rings. The van der Waals surface area contributed by atoms with Gasteiger partial charge in [0.05, 0.1) is 0 Å². The van der Waals surface area contributed by atoms with E-state index in [1.54, 1.807) is 29.3 Å². The fourth-order valence-corrected chi connectivity index (χ4v) is 5.45. The molecule has 26 heavy (non-hydrogen) atoms. The third kappa shape index (κ3) is 4.08. The van der Waals surface area contributed by atoms with E-state index in [1.807, 2.05) is 31.2 Å². The van der Waals surface area contributed by atoms with E-state index in [2.05, 4.69) is 0 Å². The van der Waals surface area contributed by atoms with Crippen LogP contribution in [0, 0.1) is 6.92 Å². The summed E-state index contributed by atoms with van der Waals surface area (Å²) in [5.41, 5.74) is 1.06. The van der Waals surface area contributed by atoms with Gasteiger partial charge in [-0.25, -0.2) is 8.42 Å². The highest BCUT2D eigenvalue weighted by Gasteiger charge is 2.32. The van der Waals surface area contributed by atoms with Crippen molar-refractivity contribution in [2.45, 2.75) is 24.2 Å². The Hall–Kier alpha value is -1.90. The lowest BCUT2D eigenvalue weighted by Gasteiger charge is -2.34. The SMILES string of the molecule is Cc1cccc(OC(C)C(=O)N2CCN(S(=O)(=O)c3cccs3)CC2)c1. The van der Waals surface area contributed by atoms with Crippen LogP contribution in [0.25, 0.3) is 0 Å². The van der Waals surface area contributed by atoms with E-state index in [9.17, 15) is 13.2 Å². The summed E-state index contributed by atoms with van der Waals surface area (Å²) in [4.78, 5) is 14.3. The first-order chi connectivity index (χ1) is 12.4. The normalized spacial score (nSPS) is 17.1. The average Bonchev–Trinajstić information content (AvgIpc) is 3.17. The summed E-state index contributed by atoms with van der Waals surface area (Å²) in [6, 6.07) is 10.9. The maximum Gasteiger partial charge on any atom is 0.263 e. The molecule has 0 radical (unpaired) electrons. The number of aryl methyl sites for hydroxylation is 1. The fraction of sp³-hybridized carbons (Fsp3) is 0.389. The highest BCUT2D eigenvalue weighted by atomic mass is 32.2. The van der Waals surface area contributed by atoms with Crippen molar-refractivity contribution >= 4 is 27.3 Å². The lowest BCUT2D eigenvalue weighted by molar-refractivity contribution is -0.139. The molecule has 1 atom stereocenters. The molecular formula is C18H22N2O4S2. The number of benzene rings is 1. The van der Waals surface area contributed by atoms with Gasteiger partial charge in [-0.15, -0.1) is 11.3 Å². The van der Waals surface area contributed by atoms with Crippen LogP contribution in [0.15, 0.2) is 46.0 Å². The summed E-state index contributed by atoms with van der Waals surface area (Å²) >= 11 is 1.21. The Morgan fingerprint density at radius 1 is 1.15 bits per heavy atom. The molecule has 1 aromatic carbocycles. The molecule has 1 fully saturated rings. The van der Waals surface area contributed by atoms with Crippen LogP contribution in [0.4, 0.5) is 0 Å². The van der Waals surface area contributed by atoms with E-state index in [0.29, 0.717) is 36.1 Å². The first-order valence-electron chi connectivity index (χ1n) is 8.44. The van der Waals surface area contributed by atoms with Crippen LogP contribution < -0.4 is 4.74 Å². The minimum atomic E-state index is -3.46. The van der Waals surface area contributed by atoms with Crippen molar-refractivity contribution in [1.82, 2.24) is 9.21 Å². The second-order valence-corrected chi connectivity index (χ2v) is 9.35. The zero-order chi connectivity index (χ0) is 18.7. The molecule has 1 aromatic heterocycles. The quantitative estimate of drug-likeness (QED) is 0.781. The molecule has 0 bridgehead atoms. The highest BCUT2D eigenvalue weighted by Crippen LogP contribution is 2.22. The van der Waals surface area contributed by atoms with Gasteiger partial charge in [0.1, 0.15) is 9.96 Å². The molecule has 8 heteroatoms. The summed E-state index contributed by atoms with van der Waals surface area (Å²) in [5, 5.41) is 1.75. The zero-order valence-corrected chi connectivity index (χ0v) is 16.4. The van der Waals surface area contributed by atoms with Gasteiger partial charge < -0.3 is 9.64 Å². The van der Waals surface area contributed by atoms with Gasteiger partial charge in [-0.2, -0.15) is 4.31 Å². The smallest absolute Gasteiger partial charge is 0.263 e. The molecule has 3 rings (SSSR count). The summed E-state index contributed by atoms with van der Waals surface area (Å²) < 4.78 is 32.6.